The van der Waals surface area contributed by atoms with Crippen molar-refractivity contribution in [3.63, 3.8) is 0 Å². The van der Waals surface area contributed by atoms with Gasteiger partial charge >= 0.3 is 12.3 Å². The van der Waals surface area contributed by atoms with Crippen molar-refractivity contribution >= 4 is 12.3 Å². The number of rotatable bonds is 4. The van der Waals surface area contributed by atoms with Gasteiger partial charge in [-0.2, -0.15) is 0 Å². The molecule has 0 saturated heterocycles. The van der Waals surface area contributed by atoms with Crippen molar-refractivity contribution in [2.45, 2.75) is 52.7 Å². The van der Waals surface area contributed by atoms with Gasteiger partial charge in [0.15, 0.2) is 0 Å². The quantitative estimate of drug-likeness (QED) is 0.470. The molecular weight excluding hydrogens is 372 g/mol. The van der Waals surface area contributed by atoms with E-state index in [1.54, 1.807) is 65.8 Å². The third kappa shape index (κ3) is 8.68. The highest BCUT2D eigenvalue weighted by Crippen LogP contribution is 2.21. The molecule has 0 N–H and O–H groups in total. The average molecular weight is 399 g/mol. The maximum atomic E-state index is 11.7. The highest BCUT2D eigenvalue weighted by Gasteiger charge is 2.19. The van der Waals surface area contributed by atoms with Crippen LogP contribution in [0.5, 0.6) is 11.5 Å². The molecule has 0 aliphatic heterocycles. The van der Waals surface area contributed by atoms with E-state index in [0.717, 1.165) is 11.1 Å². The van der Waals surface area contributed by atoms with Gasteiger partial charge in [0.05, 0.1) is 0 Å². The van der Waals surface area contributed by atoms with E-state index in [2.05, 4.69) is 0 Å². The predicted octanol–water partition coefficient (Wildman–Crippen LogP) is 5.92. The molecule has 2 rings (SSSR count). The topological polar surface area (TPSA) is 71.1 Å². The SMILES string of the molecule is CC(C)(C)OC(=O)Oc1ccc([CH]c2ccc(OC(=O)OC(C)(C)C)cc2)cc1. The van der Waals surface area contributed by atoms with Gasteiger partial charge in [-0.15, -0.1) is 0 Å². The van der Waals surface area contributed by atoms with E-state index < -0.39 is 23.5 Å². The van der Waals surface area contributed by atoms with Crippen molar-refractivity contribution in [3.8, 4) is 11.5 Å². The summed E-state index contributed by atoms with van der Waals surface area (Å²) < 4.78 is 20.5. The van der Waals surface area contributed by atoms with Crippen LogP contribution in [0, 0.1) is 6.42 Å². The first kappa shape index (κ1) is 22.3. The Labute approximate surface area is 171 Å². The fourth-order valence-electron chi connectivity index (χ4n) is 2.19. The minimum atomic E-state index is -0.741. The molecule has 155 valence electrons. The standard InChI is InChI=1S/C23H27O6/c1-22(2,3)28-20(24)26-18-11-7-16(8-12-18)15-17-9-13-19(14-10-17)27-21(25)29-23(4,5)6/h7-15H,1-6H3. The van der Waals surface area contributed by atoms with Crippen molar-refractivity contribution in [2.24, 2.45) is 0 Å². The number of carbonyl (C=O) groups is 2. The van der Waals surface area contributed by atoms with Gasteiger partial charge in [-0.05, 0) is 76.9 Å². The van der Waals surface area contributed by atoms with E-state index >= 15 is 0 Å². The van der Waals surface area contributed by atoms with Crippen LogP contribution in [0.25, 0.3) is 0 Å². The summed E-state index contributed by atoms with van der Waals surface area (Å²) in [5.41, 5.74) is 0.624. The van der Waals surface area contributed by atoms with Crippen molar-refractivity contribution in [3.05, 3.63) is 66.1 Å². The van der Waals surface area contributed by atoms with Crippen LogP contribution in [0.4, 0.5) is 9.59 Å². The Kier molecular flexibility index (Phi) is 6.90. The maximum Gasteiger partial charge on any atom is 0.514 e. The van der Waals surface area contributed by atoms with Crippen molar-refractivity contribution < 1.29 is 28.5 Å². The number of benzene rings is 2. The lowest BCUT2D eigenvalue weighted by molar-refractivity contribution is 0.0193. The van der Waals surface area contributed by atoms with Crippen molar-refractivity contribution in [1.82, 2.24) is 0 Å². The first-order valence-electron chi connectivity index (χ1n) is 9.26. The average Bonchev–Trinajstić information content (AvgIpc) is 2.55. The molecule has 0 atom stereocenters. The summed E-state index contributed by atoms with van der Waals surface area (Å²) in [4.78, 5) is 23.4. The van der Waals surface area contributed by atoms with Gasteiger partial charge in [-0.25, -0.2) is 9.59 Å². The Morgan fingerprint density at radius 1 is 0.621 bits per heavy atom. The Morgan fingerprint density at radius 3 is 1.21 bits per heavy atom. The van der Waals surface area contributed by atoms with Gasteiger partial charge in [0.25, 0.3) is 0 Å². The zero-order valence-electron chi connectivity index (χ0n) is 17.6. The second-order valence-electron chi connectivity index (χ2n) is 8.42. The summed E-state index contributed by atoms with van der Waals surface area (Å²) in [6.45, 7) is 10.6. The Hall–Kier alpha value is -3.02. The van der Waals surface area contributed by atoms with Crippen LogP contribution in [0.1, 0.15) is 52.7 Å². The lowest BCUT2D eigenvalue weighted by Gasteiger charge is -2.18. The van der Waals surface area contributed by atoms with Crippen molar-refractivity contribution in [2.75, 3.05) is 0 Å². The molecule has 0 amide bonds. The van der Waals surface area contributed by atoms with Crippen LogP contribution in [-0.2, 0) is 9.47 Å². The van der Waals surface area contributed by atoms with Gasteiger partial charge < -0.3 is 18.9 Å². The van der Waals surface area contributed by atoms with Crippen LogP contribution in [0.15, 0.2) is 48.5 Å². The zero-order valence-corrected chi connectivity index (χ0v) is 17.6. The smallest absolute Gasteiger partial charge is 0.428 e. The molecular formula is C23H27O6. The molecule has 2 aromatic rings. The van der Waals surface area contributed by atoms with Crippen LogP contribution in [0.2, 0.25) is 0 Å². The summed E-state index contributed by atoms with van der Waals surface area (Å²) in [7, 11) is 0. The van der Waals surface area contributed by atoms with Crippen LogP contribution < -0.4 is 9.47 Å². The Balaban J connectivity index is 1.90. The predicted molar refractivity (Wildman–Crippen MR) is 109 cm³/mol. The third-order valence-corrected chi connectivity index (χ3v) is 3.27. The van der Waals surface area contributed by atoms with Gasteiger partial charge in [0, 0.05) is 6.42 Å². The number of hydrogen-bond donors (Lipinski definition) is 0. The zero-order chi connectivity index (χ0) is 21.7. The molecule has 0 spiro atoms. The summed E-state index contributed by atoms with van der Waals surface area (Å²) in [6, 6.07) is 14.1. The first-order valence-corrected chi connectivity index (χ1v) is 9.26. The third-order valence-electron chi connectivity index (χ3n) is 3.27. The molecule has 0 unspecified atom stereocenters. The number of carbonyl (C=O) groups excluding carboxylic acids is 2. The van der Waals surface area contributed by atoms with Crippen LogP contribution >= 0.6 is 0 Å². The highest BCUT2D eigenvalue weighted by molar-refractivity contribution is 5.65. The van der Waals surface area contributed by atoms with E-state index in [1.165, 1.54) is 0 Å². The van der Waals surface area contributed by atoms with Crippen molar-refractivity contribution in [1.29, 1.82) is 0 Å². The van der Waals surface area contributed by atoms with Gasteiger partial charge in [-0.3, -0.25) is 0 Å². The summed E-state index contributed by atoms with van der Waals surface area (Å²) in [5, 5.41) is 0. The molecule has 0 saturated carbocycles. The fraction of sp³-hybridized carbons (Fsp3) is 0.348. The van der Waals surface area contributed by atoms with Gasteiger partial charge in [-0.1, -0.05) is 24.3 Å². The second-order valence-corrected chi connectivity index (χ2v) is 8.42. The summed E-state index contributed by atoms with van der Waals surface area (Å²) in [5.74, 6) is 0.801. The maximum absolute atomic E-state index is 11.7. The highest BCUT2D eigenvalue weighted by atomic mass is 16.7. The largest absolute Gasteiger partial charge is 0.514 e. The minimum Gasteiger partial charge on any atom is -0.428 e. The van der Waals surface area contributed by atoms with Gasteiger partial charge in [0.2, 0.25) is 0 Å². The molecule has 29 heavy (non-hydrogen) atoms. The number of hydrogen-bond acceptors (Lipinski definition) is 6. The molecule has 0 aromatic heterocycles. The molecule has 2 aromatic carbocycles. The molecule has 0 bridgehead atoms. The minimum absolute atomic E-state index is 0.400. The molecule has 0 heterocycles. The second kappa shape index (κ2) is 8.99. The molecule has 1 radical (unpaired) electrons. The molecule has 6 heteroatoms. The van der Waals surface area contributed by atoms with Gasteiger partial charge in [0.1, 0.15) is 22.7 Å². The summed E-state index contributed by atoms with van der Waals surface area (Å²) in [6.07, 6.45) is 0.457. The van der Waals surface area contributed by atoms with E-state index in [4.69, 9.17) is 18.9 Å². The monoisotopic (exact) mass is 399 g/mol. The molecule has 6 nitrogen and oxygen atoms in total. The lowest BCUT2D eigenvalue weighted by Crippen LogP contribution is -2.25. The molecule has 0 aliphatic rings. The fourth-order valence-corrected chi connectivity index (χ4v) is 2.19. The normalized spacial score (nSPS) is 11.5. The van der Waals surface area contributed by atoms with E-state index in [0.29, 0.717) is 11.5 Å². The molecule has 0 fully saturated rings. The van der Waals surface area contributed by atoms with E-state index in [-0.39, 0.29) is 0 Å². The Morgan fingerprint density at radius 2 is 0.931 bits per heavy atom. The van der Waals surface area contributed by atoms with E-state index in [9.17, 15) is 9.59 Å². The lowest BCUT2D eigenvalue weighted by atomic mass is 10.0. The number of ether oxygens (including phenoxy) is 4. The van der Waals surface area contributed by atoms with Crippen LogP contribution in [-0.4, -0.2) is 23.5 Å². The molecule has 0 aliphatic carbocycles. The first-order chi connectivity index (χ1) is 13.4. The van der Waals surface area contributed by atoms with E-state index in [1.807, 2.05) is 30.7 Å². The Bertz CT molecular complexity index is 752. The summed E-state index contributed by atoms with van der Waals surface area (Å²) >= 11 is 0. The van der Waals surface area contributed by atoms with Crippen LogP contribution in [0.3, 0.4) is 0 Å².